The maximum atomic E-state index is 12.1. The third-order valence-electron chi connectivity index (χ3n) is 3.99. The van der Waals surface area contributed by atoms with Gasteiger partial charge < -0.3 is 5.32 Å². The van der Waals surface area contributed by atoms with Gasteiger partial charge in [-0.05, 0) is 36.8 Å². The quantitative estimate of drug-likeness (QED) is 0.771. The van der Waals surface area contributed by atoms with Crippen LogP contribution in [-0.2, 0) is 12.8 Å². The highest BCUT2D eigenvalue weighted by Gasteiger charge is 2.20. The molecule has 2 nitrogen and oxygen atoms in total. The molecular weight excluding hydrogens is 322 g/mol. The Hall–Kier alpha value is -0.350. The van der Waals surface area contributed by atoms with Crippen molar-refractivity contribution in [1.82, 2.24) is 5.32 Å². The molecule has 0 fully saturated rings. The molecule has 0 bridgehead atoms. The van der Waals surface area contributed by atoms with Crippen LogP contribution in [0.15, 0.2) is 6.07 Å². The van der Waals surface area contributed by atoms with Crippen molar-refractivity contribution in [3.05, 3.63) is 21.4 Å². The number of alkyl halides is 1. The van der Waals surface area contributed by atoms with Gasteiger partial charge in [-0.3, -0.25) is 4.79 Å². The smallest absolute Gasteiger partial charge is 0.261 e. The van der Waals surface area contributed by atoms with Gasteiger partial charge >= 0.3 is 0 Å². The lowest BCUT2D eigenvalue weighted by Crippen LogP contribution is -2.32. The molecule has 2 rings (SSSR count). The van der Waals surface area contributed by atoms with Crippen molar-refractivity contribution in [3.8, 4) is 0 Å². The second-order valence-electron chi connectivity index (χ2n) is 5.22. The second kappa shape index (κ2) is 6.89. The van der Waals surface area contributed by atoms with Gasteiger partial charge in [-0.1, -0.05) is 42.6 Å². The molecule has 1 heterocycles. The number of thiophene rings is 1. The molecule has 1 aliphatic carbocycles. The number of carbonyl (C=O) groups excluding carboxylic acids is 1. The molecule has 1 N–H and O–H groups in total. The molecule has 1 atom stereocenters. The molecule has 0 aliphatic heterocycles. The summed E-state index contributed by atoms with van der Waals surface area (Å²) < 4.78 is 0. The van der Waals surface area contributed by atoms with E-state index < -0.39 is 0 Å². The lowest BCUT2D eigenvalue weighted by Gasteiger charge is -2.19. The van der Waals surface area contributed by atoms with E-state index in [9.17, 15) is 4.79 Å². The fraction of sp³-hybridized carbons (Fsp3) is 0.667. The first kappa shape index (κ1) is 15.0. The summed E-state index contributed by atoms with van der Waals surface area (Å²) in [7, 11) is 0. The number of nitrogens with one attached hydrogen (secondary N) is 1. The van der Waals surface area contributed by atoms with Crippen LogP contribution >= 0.6 is 27.3 Å². The fourth-order valence-corrected chi connectivity index (χ4v) is 4.76. The molecule has 1 aromatic rings. The first-order chi connectivity index (χ1) is 9.15. The molecule has 0 saturated heterocycles. The highest BCUT2D eigenvalue weighted by molar-refractivity contribution is 9.09. The van der Waals surface area contributed by atoms with E-state index in [1.807, 2.05) is 0 Å². The van der Waals surface area contributed by atoms with Gasteiger partial charge in [-0.25, -0.2) is 0 Å². The van der Waals surface area contributed by atoms with E-state index >= 15 is 0 Å². The van der Waals surface area contributed by atoms with Crippen LogP contribution in [-0.4, -0.2) is 17.3 Å². The van der Waals surface area contributed by atoms with E-state index in [4.69, 9.17) is 0 Å². The van der Waals surface area contributed by atoms with Crippen LogP contribution in [0.5, 0.6) is 0 Å². The zero-order valence-electron chi connectivity index (χ0n) is 11.7. The van der Waals surface area contributed by atoms with Gasteiger partial charge in [-0.2, -0.15) is 0 Å². The summed E-state index contributed by atoms with van der Waals surface area (Å²) in [6.07, 6.45) is 5.85. The Kier molecular flexibility index (Phi) is 5.46. The normalized spacial score (nSPS) is 15.6. The maximum absolute atomic E-state index is 12.1. The van der Waals surface area contributed by atoms with Gasteiger partial charge in [0.15, 0.2) is 0 Å². The molecule has 1 amide bonds. The minimum atomic E-state index is 0.0924. The molecule has 4 heteroatoms. The van der Waals surface area contributed by atoms with E-state index in [1.54, 1.807) is 11.3 Å². The van der Waals surface area contributed by atoms with Crippen molar-refractivity contribution >= 4 is 33.2 Å². The summed E-state index contributed by atoms with van der Waals surface area (Å²) in [5, 5.41) is 3.06. The number of hydrogen-bond donors (Lipinski definition) is 1. The van der Waals surface area contributed by atoms with E-state index in [-0.39, 0.29) is 5.91 Å². The number of fused-ring (bicyclic) bond motifs is 1. The first-order valence-electron chi connectivity index (χ1n) is 7.19. The predicted molar refractivity (Wildman–Crippen MR) is 85.5 cm³/mol. The van der Waals surface area contributed by atoms with Crippen LogP contribution in [0.3, 0.4) is 0 Å². The molecule has 19 heavy (non-hydrogen) atoms. The fourth-order valence-electron chi connectivity index (χ4n) is 2.69. The van der Waals surface area contributed by atoms with Gasteiger partial charge in [0.25, 0.3) is 5.91 Å². The number of amides is 1. The minimum Gasteiger partial charge on any atom is -0.350 e. The van der Waals surface area contributed by atoms with Crippen molar-refractivity contribution in [2.75, 3.05) is 6.54 Å². The van der Waals surface area contributed by atoms with Crippen molar-refractivity contribution in [1.29, 1.82) is 0 Å². The largest absolute Gasteiger partial charge is 0.350 e. The first-order valence-corrected chi connectivity index (χ1v) is 8.92. The maximum Gasteiger partial charge on any atom is 0.261 e. The van der Waals surface area contributed by atoms with Gasteiger partial charge in [0.05, 0.1) is 4.88 Å². The number of halogens is 1. The summed E-state index contributed by atoms with van der Waals surface area (Å²) in [5.41, 5.74) is 1.39. The third-order valence-corrected chi connectivity index (χ3v) is 6.30. The molecule has 1 aliphatic rings. The van der Waals surface area contributed by atoms with Crippen LogP contribution in [0.2, 0.25) is 0 Å². The topological polar surface area (TPSA) is 29.1 Å². The van der Waals surface area contributed by atoms with E-state index in [1.165, 1.54) is 16.9 Å². The Morgan fingerprint density at radius 1 is 1.42 bits per heavy atom. The zero-order valence-corrected chi connectivity index (χ0v) is 14.1. The molecule has 1 aromatic heterocycles. The molecule has 106 valence electrons. The van der Waals surface area contributed by atoms with Crippen LogP contribution in [0.4, 0.5) is 0 Å². The van der Waals surface area contributed by atoms with Crippen LogP contribution in [0, 0.1) is 5.92 Å². The van der Waals surface area contributed by atoms with Gasteiger partial charge in [0.2, 0.25) is 0 Å². The zero-order chi connectivity index (χ0) is 13.8. The lowest BCUT2D eigenvalue weighted by molar-refractivity contribution is 0.0956. The third kappa shape index (κ3) is 3.60. The molecule has 0 saturated carbocycles. The Bertz CT molecular complexity index is 418. The summed E-state index contributed by atoms with van der Waals surface area (Å²) in [6, 6.07) is 2.09. The lowest BCUT2D eigenvalue weighted by atomic mass is 9.99. The molecule has 0 spiro atoms. The Morgan fingerprint density at radius 2 is 2.16 bits per heavy atom. The standard InChI is InChI=1S/C15H22BrNOS/c1-3-10(4-2)12(16)9-17-15(18)14-8-11-6-5-7-13(11)19-14/h8,10,12H,3-7,9H2,1-2H3,(H,17,18). The summed E-state index contributed by atoms with van der Waals surface area (Å²) in [6.45, 7) is 5.12. The summed E-state index contributed by atoms with van der Waals surface area (Å²) in [4.78, 5) is 14.8. The highest BCUT2D eigenvalue weighted by atomic mass is 79.9. The second-order valence-corrected chi connectivity index (χ2v) is 7.53. The van der Waals surface area contributed by atoms with Gasteiger partial charge in [-0.15, -0.1) is 11.3 Å². The van der Waals surface area contributed by atoms with Crippen LogP contribution in [0.1, 0.15) is 53.2 Å². The molecule has 0 radical (unpaired) electrons. The van der Waals surface area contributed by atoms with E-state index in [0.717, 1.165) is 30.6 Å². The Labute approximate surface area is 128 Å². The average Bonchev–Trinajstić information content (AvgIpc) is 2.98. The Balaban J connectivity index is 1.87. The van der Waals surface area contributed by atoms with E-state index in [2.05, 4.69) is 41.2 Å². The number of aryl methyl sites for hydroxylation is 2. The molecule has 1 unspecified atom stereocenters. The van der Waals surface area contributed by atoms with Crippen molar-refractivity contribution < 1.29 is 4.79 Å². The monoisotopic (exact) mass is 343 g/mol. The van der Waals surface area contributed by atoms with Crippen molar-refractivity contribution in [3.63, 3.8) is 0 Å². The highest BCUT2D eigenvalue weighted by Crippen LogP contribution is 2.30. The predicted octanol–water partition coefficient (Wildman–Crippen LogP) is 4.17. The summed E-state index contributed by atoms with van der Waals surface area (Å²) in [5.74, 6) is 0.725. The van der Waals surface area contributed by atoms with Gasteiger partial charge in [0, 0.05) is 16.2 Å². The van der Waals surface area contributed by atoms with E-state index in [0.29, 0.717) is 17.3 Å². The summed E-state index contributed by atoms with van der Waals surface area (Å²) >= 11 is 5.37. The minimum absolute atomic E-state index is 0.0924. The van der Waals surface area contributed by atoms with Crippen LogP contribution < -0.4 is 5.32 Å². The van der Waals surface area contributed by atoms with Gasteiger partial charge in [0.1, 0.15) is 0 Å². The molecular formula is C15H22BrNOS. The number of rotatable bonds is 6. The molecule has 0 aromatic carbocycles. The van der Waals surface area contributed by atoms with Crippen molar-refractivity contribution in [2.45, 2.75) is 50.8 Å². The average molecular weight is 344 g/mol. The van der Waals surface area contributed by atoms with Crippen molar-refractivity contribution in [2.24, 2.45) is 5.92 Å². The Morgan fingerprint density at radius 3 is 2.79 bits per heavy atom. The van der Waals surface area contributed by atoms with Crippen LogP contribution in [0.25, 0.3) is 0 Å². The SMILES string of the molecule is CCC(CC)C(Br)CNC(=O)c1cc2c(s1)CCC2. The number of carbonyl (C=O) groups is 1. The number of hydrogen-bond acceptors (Lipinski definition) is 2.